The van der Waals surface area contributed by atoms with Gasteiger partial charge in [-0.05, 0) is 59.8 Å². The van der Waals surface area contributed by atoms with Crippen molar-refractivity contribution in [3.63, 3.8) is 0 Å². The molecule has 1 aromatic carbocycles. The van der Waals surface area contributed by atoms with Gasteiger partial charge in [-0.3, -0.25) is 0 Å². The molecule has 0 aromatic heterocycles. The van der Waals surface area contributed by atoms with Gasteiger partial charge in [-0.1, -0.05) is 0 Å². The molecule has 0 radical (unpaired) electrons. The lowest BCUT2D eigenvalue weighted by Gasteiger charge is -2.10. The monoisotopic (exact) mass is 339 g/mol. The SMILES string of the molecule is Cl.Ic1ccc(OCC2CCNC2)cc1. The third-order valence-corrected chi connectivity index (χ3v) is 3.18. The third-order valence-electron chi connectivity index (χ3n) is 2.46. The molecule has 0 bridgehead atoms. The number of hydrogen-bond acceptors (Lipinski definition) is 2. The summed E-state index contributed by atoms with van der Waals surface area (Å²) in [6.07, 6.45) is 1.24. The van der Waals surface area contributed by atoms with Crippen molar-refractivity contribution in [1.29, 1.82) is 0 Å². The van der Waals surface area contributed by atoms with Crippen molar-refractivity contribution >= 4 is 35.0 Å². The molecule has 1 saturated heterocycles. The number of nitrogens with one attached hydrogen (secondary N) is 1. The first-order chi connectivity index (χ1) is 6.84. The Balaban J connectivity index is 0.00000112. The fraction of sp³-hybridized carbons (Fsp3) is 0.455. The molecular formula is C11H15ClINO. The van der Waals surface area contributed by atoms with Gasteiger partial charge < -0.3 is 10.1 Å². The standard InChI is InChI=1S/C11H14INO.ClH/c12-10-1-3-11(4-2-10)14-8-9-5-6-13-7-9;/h1-4,9,13H,5-8H2;1H. The quantitative estimate of drug-likeness (QED) is 0.855. The first-order valence-electron chi connectivity index (χ1n) is 4.94. The van der Waals surface area contributed by atoms with E-state index in [1.54, 1.807) is 0 Å². The minimum atomic E-state index is 0. The Bertz CT molecular complexity index is 285. The van der Waals surface area contributed by atoms with Crippen LogP contribution in [-0.2, 0) is 0 Å². The maximum Gasteiger partial charge on any atom is 0.119 e. The van der Waals surface area contributed by atoms with Gasteiger partial charge in [0.05, 0.1) is 6.61 Å². The highest BCUT2D eigenvalue weighted by atomic mass is 127. The van der Waals surface area contributed by atoms with Gasteiger partial charge >= 0.3 is 0 Å². The zero-order valence-corrected chi connectivity index (χ0v) is 11.4. The number of rotatable bonds is 3. The predicted octanol–water partition coefficient (Wildman–Crippen LogP) is 2.70. The van der Waals surface area contributed by atoms with Crippen LogP contribution in [0.1, 0.15) is 6.42 Å². The molecular weight excluding hydrogens is 324 g/mol. The Morgan fingerprint density at radius 2 is 2.07 bits per heavy atom. The van der Waals surface area contributed by atoms with Crippen LogP contribution in [0.15, 0.2) is 24.3 Å². The van der Waals surface area contributed by atoms with Crippen LogP contribution in [0.2, 0.25) is 0 Å². The van der Waals surface area contributed by atoms with E-state index in [9.17, 15) is 0 Å². The lowest BCUT2D eigenvalue weighted by Crippen LogP contribution is -2.15. The van der Waals surface area contributed by atoms with Crippen molar-refractivity contribution in [2.45, 2.75) is 6.42 Å². The summed E-state index contributed by atoms with van der Waals surface area (Å²) in [6.45, 7) is 3.08. The summed E-state index contributed by atoms with van der Waals surface area (Å²) in [5, 5.41) is 3.34. The summed E-state index contributed by atoms with van der Waals surface area (Å²) in [7, 11) is 0. The van der Waals surface area contributed by atoms with E-state index in [0.29, 0.717) is 5.92 Å². The van der Waals surface area contributed by atoms with Crippen LogP contribution in [-0.4, -0.2) is 19.7 Å². The number of hydrogen-bond donors (Lipinski definition) is 1. The lowest BCUT2D eigenvalue weighted by atomic mass is 10.1. The topological polar surface area (TPSA) is 21.3 Å². The average Bonchev–Trinajstić information content (AvgIpc) is 2.70. The number of ether oxygens (including phenoxy) is 1. The molecule has 1 fully saturated rings. The predicted molar refractivity (Wildman–Crippen MR) is 72.9 cm³/mol. The second-order valence-corrected chi connectivity index (χ2v) is 4.87. The van der Waals surface area contributed by atoms with Gasteiger partial charge in [0.2, 0.25) is 0 Å². The van der Waals surface area contributed by atoms with Crippen LogP contribution in [0.3, 0.4) is 0 Å². The Morgan fingerprint density at radius 1 is 1.33 bits per heavy atom. The second kappa shape index (κ2) is 6.55. The molecule has 1 atom stereocenters. The van der Waals surface area contributed by atoms with Gasteiger partial charge in [0.1, 0.15) is 5.75 Å². The van der Waals surface area contributed by atoms with Crippen molar-refractivity contribution in [1.82, 2.24) is 5.32 Å². The van der Waals surface area contributed by atoms with Gasteiger partial charge in [0, 0.05) is 16.0 Å². The van der Waals surface area contributed by atoms with Gasteiger partial charge in [0.15, 0.2) is 0 Å². The van der Waals surface area contributed by atoms with E-state index >= 15 is 0 Å². The van der Waals surface area contributed by atoms with E-state index in [1.165, 1.54) is 9.99 Å². The van der Waals surface area contributed by atoms with Crippen LogP contribution >= 0.6 is 35.0 Å². The second-order valence-electron chi connectivity index (χ2n) is 3.62. The summed E-state index contributed by atoms with van der Waals surface area (Å²) in [5.41, 5.74) is 0. The van der Waals surface area contributed by atoms with Crippen LogP contribution in [0.25, 0.3) is 0 Å². The van der Waals surface area contributed by atoms with Crippen LogP contribution in [0.5, 0.6) is 5.75 Å². The third kappa shape index (κ3) is 4.17. The maximum absolute atomic E-state index is 5.70. The minimum absolute atomic E-state index is 0. The largest absolute Gasteiger partial charge is 0.493 e. The molecule has 0 amide bonds. The van der Waals surface area contributed by atoms with Gasteiger partial charge in [-0.15, -0.1) is 12.4 Å². The molecule has 1 unspecified atom stereocenters. The van der Waals surface area contributed by atoms with Gasteiger partial charge in [-0.25, -0.2) is 0 Å². The Morgan fingerprint density at radius 3 is 2.67 bits per heavy atom. The lowest BCUT2D eigenvalue weighted by molar-refractivity contribution is 0.260. The molecule has 2 nitrogen and oxygen atoms in total. The molecule has 1 aliphatic heterocycles. The number of benzene rings is 1. The summed E-state index contributed by atoms with van der Waals surface area (Å²) in [6, 6.07) is 8.21. The normalized spacial score (nSPS) is 19.7. The molecule has 1 aromatic rings. The molecule has 1 heterocycles. The van der Waals surface area contributed by atoms with E-state index < -0.39 is 0 Å². The summed E-state index contributed by atoms with van der Waals surface area (Å²) < 4.78 is 6.95. The van der Waals surface area contributed by atoms with Crippen LogP contribution < -0.4 is 10.1 Å². The van der Waals surface area contributed by atoms with Crippen LogP contribution in [0.4, 0.5) is 0 Å². The highest BCUT2D eigenvalue weighted by Gasteiger charge is 2.14. The fourth-order valence-corrected chi connectivity index (χ4v) is 1.96. The van der Waals surface area contributed by atoms with Crippen molar-refractivity contribution in [2.75, 3.05) is 19.7 Å². The number of halogens is 2. The highest BCUT2D eigenvalue weighted by Crippen LogP contribution is 2.15. The van der Waals surface area contributed by atoms with Crippen LogP contribution in [0, 0.1) is 9.49 Å². The van der Waals surface area contributed by atoms with E-state index in [4.69, 9.17) is 4.74 Å². The van der Waals surface area contributed by atoms with Crippen molar-refractivity contribution in [2.24, 2.45) is 5.92 Å². The molecule has 15 heavy (non-hydrogen) atoms. The molecule has 4 heteroatoms. The Labute approximate surface area is 110 Å². The zero-order chi connectivity index (χ0) is 9.80. The summed E-state index contributed by atoms with van der Waals surface area (Å²) >= 11 is 2.30. The molecule has 1 N–H and O–H groups in total. The average molecular weight is 340 g/mol. The first-order valence-corrected chi connectivity index (χ1v) is 6.01. The molecule has 0 aliphatic carbocycles. The van der Waals surface area contributed by atoms with E-state index in [2.05, 4.69) is 40.0 Å². The summed E-state index contributed by atoms with van der Waals surface area (Å²) in [5.74, 6) is 1.67. The van der Waals surface area contributed by atoms with Crippen molar-refractivity contribution in [3.05, 3.63) is 27.8 Å². The maximum atomic E-state index is 5.70. The van der Waals surface area contributed by atoms with E-state index in [-0.39, 0.29) is 12.4 Å². The minimum Gasteiger partial charge on any atom is -0.493 e. The first kappa shape index (κ1) is 13.1. The molecule has 0 spiro atoms. The zero-order valence-electron chi connectivity index (χ0n) is 8.41. The molecule has 84 valence electrons. The van der Waals surface area contributed by atoms with Crippen molar-refractivity contribution < 1.29 is 4.74 Å². The van der Waals surface area contributed by atoms with Gasteiger partial charge in [0.25, 0.3) is 0 Å². The van der Waals surface area contributed by atoms with Gasteiger partial charge in [-0.2, -0.15) is 0 Å². The van der Waals surface area contributed by atoms with Crippen molar-refractivity contribution in [3.8, 4) is 5.75 Å². The van der Waals surface area contributed by atoms with E-state index in [1.807, 2.05) is 12.1 Å². The Kier molecular flexibility index (Phi) is 5.71. The molecule has 1 aliphatic rings. The highest BCUT2D eigenvalue weighted by molar-refractivity contribution is 14.1. The fourth-order valence-electron chi connectivity index (χ4n) is 1.60. The summed E-state index contributed by atoms with van der Waals surface area (Å²) in [4.78, 5) is 0. The molecule has 2 rings (SSSR count). The Hall–Kier alpha value is 0. The van der Waals surface area contributed by atoms with E-state index in [0.717, 1.165) is 25.4 Å². The smallest absolute Gasteiger partial charge is 0.119 e. The molecule has 0 saturated carbocycles.